The van der Waals surface area contributed by atoms with Crippen LogP contribution >= 0.6 is 0 Å². The summed E-state index contributed by atoms with van der Waals surface area (Å²) in [7, 11) is 2.81. The first-order valence-corrected chi connectivity index (χ1v) is 4.12. The Hall–Kier alpha value is -1.71. The van der Waals surface area contributed by atoms with E-state index in [9.17, 15) is 4.79 Å². The van der Waals surface area contributed by atoms with Crippen LogP contribution in [0.15, 0.2) is 12.1 Å². The number of methoxy groups -OCH3 is 2. The van der Waals surface area contributed by atoms with Gasteiger partial charge in [0.25, 0.3) is 0 Å². The van der Waals surface area contributed by atoms with Gasteiger partial charge in [-0.25, -0.2) is 4.79 Å². The van der Waals surface area contributed by atoms with Crippen LogP contribution in [0.25, 0.3) is 0 Å². The maximum absolute atomic E-state index is 11.3. The van der Waals surface area contributed by atoms with Crippen molar-refractivity contribution in [1.82, 2.24) is 0 Å². The third-order valence-corrected chi connectivity index (χ3v) is 1.99. The maximum Gasteiger partial charge on any atom is 0.341 e. The van der Waals surface area contributed by atoms with Crippen molar-refractivity contribution in [3.05, 3.63) is 23.3 Å². The number of nitrogens with two attached hydrogens (primary N) is 1. The van der Waals surface area contributed by atoms with Gasteiger partial charge in [-0.1, -0.05) is 0 Å². The molecule has 1 rings (SSSR count). The molecular weight excluding hydrogens is 182 g/mol. The van der Waals surface area contributed by atoms with Crippen LogP contribution in [0.2, 0.25) is 0 Å². The Morgan fingerprint density at radius 1 is 1.36 bits per heavy atom. The van der Waals surface area contributed by atoms with E-state index in [0.717, 1.165) is 5.56 Å². The molecule has 0 aromatic heterocycles. The molecule has 0 saturated carbocycles. The minimum Gasteiger partial charge on any atom is -0.496 e. The average Bonchev–Trinajstić information content (AvgIpc) is 2.20. The van der Waals surface area contributed by atoms with Crippen LogP contribution in [-0.2, 0) is 4.74 Å². The fourth-order valence-electron chi connectivity index (χ4n) is 1.14. The van der Waals surface area contributed by atoms with Crippen LogP contribution in [0.5, 0.6) is 5.75 Å². The number of benzene rings is 1. The molecule has 0 aliphatic carbocycles. The molecule has 1 aromatic carbocycles. The van der Waals surface area contributed by atoms with E-state index < -0.39 is 5.97 Å². The van der Waals surface area contributed by atoms with Crippen LogP contribution in [0.4, 0.5) is 5.69 Å². The van der Waals surface area contributed by atoms with Gasteiger partial charge >= 0.3 is 5.97 Å². The Morgan fingerprint density at radius 3 is 2.50 bits per heavy atom. The summed E-state index contributed by atoms with van der Waals surface area (Å²) in [4.78, 5) is 11.3. The summed E-state index contributed by atoms with van der Waals surface area (Å²) < 4.78 is 9.65. The zero-order valence-electron chi connectivity index (χ0n) is 8.46. The minimum atomic E-state index is -0.450. The Labute approximate surface area is 82.6 Å². The van der Waals surface area contributed by atoms with Crippen LogP contribution in [-0.4, -0.2) is 20.2 Å². The van der Waals surface area contributed by atoms with Crippen LogP contribution in [0, 0.1) is 6.92 Å². The molecule has 0 aliphatic heterocycles. The lowest BCUT2D eigenvalue weighted by Crippen LogP contribution is -2.05. The highest BCUT2D eigenvalue weighted by molar-refractivity contribution is 5.93. The fourth-order valence-corrected chi connectivity index (χ4v) is 1.14. The molecule has 0 atom stereocenters. The van der Waals surface area contributed by atoms with Gasteiger partial charge in [-0.3, -0.25) is 0 Å². The van der Waals surface area contributed by atoms with Crippen molar-refractivity contribution in [2.45, 2.75) is 6.92 Å². The summed E-state index contributed by atoms with van der Waals surface area (Å²) in [5, 5.41) is 0. The molecule has 4 nitrogen and oxygen atoms in total. The topological polar surface area (TPSA) is 61.5 Å². The molecule has 0 bridgehead atoms. The quantitative estimate of drug-likeness (QED) is 0.572. The third-order valence-electron chi connectivity index (χ3n) is 1.99. The Morgan fingerprint density at radius 2 is 2.00 bits per heavy atom. The minimum absolute atomic E-state index is 0.345. The predicted molar refractivity (Wildman–Crippen MR) is 53.5 cm³/mol. The standard InChI is InChI=1S/C10H13NO3/c1-6-4-9(13-2)7(5-8(6)11)10(12)14-3/h4-5H,11H2,1-3H3. The Kier molecular flexibility index (Phi) is 2.96. The maximum atomic E-state index is 11.3. The second kappa shape index (κ2) is 4.00. The van der Waals surface area contributed by atoms with Gasteiger partial charge in [-0.05, 0) is 24.6 Å². The van der Waals surface area contributed by atoms with E-state index in [1.54, 1.807) is 12.1 Å². The summed E-state index contributed by atoms with van der Waals surface area (Å²) in [6.45, 7) is 1.85. The lowest BCUT2D eigenvalue weighted by Gasteiger charge is -2.09. The number of hydrogen-bond acceptors (Lipinski definition) is 4. The van der Waals surface area contributed by atoms with Gasteiger partial charge in [0, 0.05) is 5.69 Å². The number of hydrogen-bond donors (Lipinski definition) is 1. The summed E-state index contributed by atoms with van der Waals surface area (Å²) >= 11 is 0. The lowest BCUT2D eigenvalue weighted by molar-refractivity contribution is 0.0597. The molecule has 0 spiro atoms. The van der Waals surface area contributed by atoms with Crippen molar-refractivity contribution >= 4 is 11.7 Å². The molecule has 0 heterocycles. The smallest absolute Gasteiger partial charge is 0.341 e. The number of carbonyl (C=O) groups is 1. The van der Waals surface area contributed by atoms with E-state index in [-0.39, 0.29) is 0 Å². The number of aryl methyl sites for hydroxylation is 1. The monoisotopic (exact) mass is 195 g/mol. The molecule has 4 heteroatoms. The van der Waals surface area contributed by atoms with E-state index in [4.69, 9.17) is 10.5 Å². The SMILES string of the molecule is COC(=O)c1cc(N)c(C)cc1OC. The molecule has 0 saturated heterocycles. The lowest BCUT2D eigenvalue weighted by atomic mass is 10.1. The molecule has 76 valence electrons. The van der Waals surface area contributed by atoms with Crippen molar-refractivity contribution in [2.75, 3.05) is 20.0 Å². The molecule has 14 heavy (non-hydrogen) atoms. The number of ether oxygens (including phenoxy) is 2. The molecule has 0 amide bonds. The van der Waals surface area contributed by atoms with Crippen molar-refractivity contribution in [3.63, 3.8) is 0 Å². The van der Waals surface area contributed by atoms with Gasteiger partial charge in [-0.2, -0.15) is 0 Å². The number of anilines is 1. The molecule has 2 N–H and O–H groups in total. The first kappa shape index (κ1) is 10.4. The summed E-state index contributed by atoms with van der Waals surface area (Å²) in [5.41, 5.74) is 7.44. The molecule has 0 fully saturated rings. The highest BCUT2D eigenvalue weighted by atomic mass is 16.5. The second-order valence-corrected chi connectivity index (χ2v) is 2.90. The Balaban J connectivity index is 3.27. The fraction of sp³-hybridized carbons (Fsp3) is 0.300. The van der Waals surface area contributed by atoms with Crippen LogP contribution in [0.3, 0.4) is 0 Å². The number of esters is 1. The Bertz CT molecular complexity index is 361. The predicted octanol–water partition coefficient (Wildman–Crippen LogP) is 1.37. The van der Waals surface area contributed by atoms with Crippen molar-refractivity contribution in [1.29, 1.82) is 0 Å². The molecular formula is C10H13NO3. The van der Waals surface area contributed by atoms with Gasteiger partial charge < -0.3 is 15.2 Å². The second-order valence-electron chi connectivity index (χ2n) is 2.90. The van der Waals surface area contributed by atoms with Gasteiger partial charge in [0.1, 0.15) is 11.3 Å². The van der Waals surface area contributed by atoms with Crippen LogP contribution in [0.1, 0.15) is 15.9 Å². The van der Waals surface area contributed by atoms with E-state index >= 15 is 0 Å². The van der Waals surface area contributed by atoms with E-state index in [2.05, 4.69) is 4.74 Å². The molecule has 1 aromatic rings. The van der Waals surface area contributed by atoms with Gasteiger partial charge in [0.2, 0.25) is 0 Å². The number of nitrogen functional groups attached to an aromatic ring is 1. The first-order chi connectivity index (χ1) is 6.60. The van der Waals surface area contributed by atoms with Crippen molar-refractivity contribution in [3.8, 4) is 5.75 Å². The molecule has 0 unspecified atom stereocenters. The number of carbonyl (C=O) groups excluding carboxylic acids is 1. The summed E-state index contributed by atoms with van der Waals surface area (Å²) in [6.07, 6.45) is 0. The average molecular weight is 195 g/mol. The van der Waals surface area contributed by atoms with E-state index in [0.29, 0.717) is 17.0 Å². The molecule has 0 aliphatic rings. The highest BCUT2D eigenvalue weighted by Crippen LogP contribution is 2.25. The van der Waals surface area contributed by atoms with Crippen LogP contribution < -0.4 is 10.5 Å². The van der Waals surface area contributed by atoms with Gasteiger partial charge in [0.15, 0.2) is 0 Å². The third kappa shape index (κ3) is 1.79. The summed E-state index contributed by atoms with van der Waals surface area (Å²) in [6, 6.07) is 3.27. The van der Waals surface area contributed by atoms with E-state index in [1.165, 1.54) is 14.2 Å². The zero-order valence-corrected chi connectivity index (χ0v) is 8.46. The largest absolute Gasteiger partial charge is 0.496 e. The first-order valence-electron chi connectivity index (χ1n) is 4.12. The highest BCUT2D eigenvalue weighted by Gasteiger charge is 2.14. The number of rotatable bonds is 2. The zero-order chi connectivity index (χ0) is 10.7. The van der Waals surface area contributed by atoms with E-state index in [1.807, 2.05) is 6.92 Å². The van der Waals surface area contributed by atoms with Crippen molar-refractivity contribution < 1.29 is 14.3 Å². The normalized spacial score (nSPS) is 9.64. The summed E-state index contributed by atoms with van der Waals surface area (Å²) in [5.74, 6) is 0.0251. The van der Waals surface area contributed by atoms with Gasteiger partial charge in [-0.15, -0.1) is 0 Å². The molecule has 0 radical (unpaired) electrons. The van der Waals surface area contributed by atoms with Gasteiger partial charge in [0.05, 0.1) is 14.2 Å². The van der Waals surface area contributed by atoms with Crippen molar-refractivity contribution in [2.24, 2.45) is 0 Å².